The maximum Gasteiger partial charge on any atom is 0.315 e. The fourth-order valence-electron chi connectivity index (χ4n) is 1.44. The van der Waals surface area contributed by atoms with Crippen molar-refractivity contribution in [2.45, 2.75) is 32.4 Å². The van der Waals surface area contributed by atoms with E-state index in [9.17, 15) is 14.4 Å². The van der Waals surface area contributed by atoms with Crippen LogP contribution in [-0.2, 0) is 14.3 Å². The van der Waals surface area contributed by atoms with E-state index >= 15 is 0 Å². The monoisotopic (exact) mass is 289 g/mol. The molecular formula is C12H23N3O5. The summed E-state index contributed by atoms with van der Waals surface area (Å²) in [5.74, 6) is -1.20. The molecular weight excluding hydrogens is 266 g/mol. The highest BCUT2D eigenvalue weighted by atomic mass is 16.5. The van der Waals surface area contributed by atoms with Crippen molar-refractivity contribution in [2.75, 3.05) is 27.2 Å². The number of hydrogen-bond acceptors (Lipinski definition) is 4. The van der Waals surface area contributed by atoms with Gasteiger partial charge in [0.2, 0.25) is 5.91 Å². The van der Waals surface area contributed by atoms with Gasteiger partial charge >= 0.3 is 12.0 Å². The van der Waals surface area contributed by atoms with Crippen molar-refractivity contribution in [3.05, 3.63) is 0 Å². The molecule has 0 bridgehead atoms. The molecule has 3 amide bonds. The first-order valence-corrected chi connectivity index (χ1v) is 6.35. The molecule has 3 N–H and O–H groups in total. The maximum absolute atomic E-state index is 11.7. The second kappa shape index (κ2) is 9.13. The minimum absolute atomic E-state index is 0.0547. The van der Waals surface area contributed by atoms with Gasteiger partial charge in [-0.05, 0) is 13.8 Å². The average molecular weight is 289 g/mol. The van der Waals surface area contributed by atoms with Gasteiger partial charge in [0.05, 0.1) is 12.5 Å². The van der Waals surface area contributed by atoms with Gasteiger partial charge in [-0.15, -0.1) is 0 Å². The number of carbonyl (C=O) groups excluding carboxylic acids is 2. The molecule has 0 spiro atoms. The number of aliphatic carboxylic acids is 1. The van der Waals surface area contributed by atoms with E-state index in [4.69, 9.17) is 9.84 Å². The molecule has 0 aliphatic rings. The van der Waals surface area contributed by atoms with Crippen LogP contribution >= 0.6 is 0 Å². The number of carboxylic acids is 1. The smallest absolute Gasteiger partial charge is 0.315 e. The molecule has 20 heavy (non-hydrogen) atoms. The number of carbonyl (C=O) groups is 3. The second-order valence-corrected chi connectivity index (χ2v) is 4.38. The summed E-state index contributed by atoms with van der Waals surface area (Å²) in [5, 5.41) is 13.6. The second-order valence-electron chi connectivity index (χ2n) is 4.38. The molecule has 2 unspecified atom stereocenters. The lowest BCUT2D eigenvalue weighted by Gasteiger charge is -2.21. The van der Waals surface area contributed by atoms with Crippen LogP contribution in [0.4, 0.5) is 4.79 Å². The summed E-state index contributed by atoms with van der Waals surface area (Å²) in [7, 11) is 3.02. The number of urea groups is 1. The SMILES string of the molecule is CCN(C)C(=O)C(C)NC(=O)NCC(CC(=O)O)OC. The predicted molar refractivity (Wildman–Crippen MR) is 72.4 cm³/mol. The average Bonchev–Trinajstić information content (AvgIpc) is 2.40. The van der Waals surface area contributed by atoms with Gasteiger partial charge in [-0.25, -0.2) is 4.79 Å². The highest BCUT2D eigenvalue weighted by molar-refractivity contribution is 5.86. The molecule has 0 heterocycles. The van der Waals surface area contributed by atoms with Crippen molar-refractivity contribution in [3.63, 3.8) is 0 Å². The molecule has 8 heteroatoms. The fourth-order valence-corrected chi connectivity index (χ4v) is 1.44. The van der Waals surface area contributed by atoms with Gasteiger partial charge in [0.25, 0.3) is 0 Å². The molecule has 0 aliphatic carbocycles. The Kier molecular flexibility index (Phi) is 8.30. The lowest BCUT2D eigenvalue weighted by molar-refractivity contribution is -0.139. The minimum atomic E-state index is -1.01. The Balaban J connectivity index is 4.16. The predicted octanol–water partition coefficient (Wildman–Crippen LogP) is -0.358. The lowest BCUT2D eigenvalue weighted by Crippen LogP contribution is -2.50. The number of ether oxygens (including phenoxy) is 1. The third-order valence-corrected chi connectivity index (χ3v) is 2.79. The largest absolute Gasteiger partial charge is 0.481 e. The van der Waals surface area contributed by atoms with Crippen LogP contribution in [0.1, 0.15) is 20.3 Å². The standard InChI is InChI=1S/C12H23N3O5/c1-5-15(3)11(18)8(2)14-12(19)13-7-9(20-4)6-10(16)17/h8-9H,5-7H2,1-4H3,(H,16,17)(H2,13,14,19). The minimum Gasteiger partial charge on any atom is -0.481 e. The fraction of sp³-hybridized carbons (Fsp3) is 0.750. The molecule has 0 fully saturated rings. The zero-order valence-electron chi connectivity index (χ0n) is 12.3. The Morgan fingerprint density at radius 2 is 1.95 bits per heavy atom. The van der Waals surface area contributed by atoms with Crippen LogP contribution in [0.25, 0.3) is 0 Å². The summed E-state index contributed by atoms with van der Waals surface area (Å²) in [6.07, 6.45) is -0.813. The van der Waals surface area contributed by atoms with E-state index in [1.54, 1.807) is 14.0 Å². The molecule has 0 aliphatic heterocycles. The van der Waals surface area contributed by atoms with Crippen molar-refractivity contribution in [3.8, 4) is 0 Å². The Hall–Kier alpha value is -1.83. The first kappa shape index (κ1) is 18.2. The van der Waals surface area contributed by atoms with Gasteiger partial charge in [-0.2, -0.15) is 0 Å². The third-order valence-electron chi connectivity index (χ3n) is 2.79. The van der Waals surface area contributed by atoms with E-state index < -0.39 is 24.1 Å². The van der Waals surface area contributed by atoms with Crippen LogP contribution < -0.4 is 10.6 Å². The van der Waals surface area contributed by atoms with Crippen molar-refractivity contribution in [1.29, 1.82) is 0 Å². The molecule has 0 saturated heterocycles. The van der Waals surface area contributed by atoms with Gasteiger partial charge in [0, 0.05) is 27.2 Å². The topological polar surface area (TPSA) is 108 Å². The Morgan fingerprint density at radius 3 is 2.40 bits per heavy atom. The number of likely N-dealkylation sites (N-methyl/N-ethyl adjacent to an activating group) is 1. The van der Waals surface area contributed by atoms with Gasteiger partial charge in [-0.3, -0.25) is 9.59 Å². The summed E-state index contributed by atoms with van der Waals surface area (Å²) in [6, 6.07) is -1.19. The highest BCUT2D eigenvalue weighted by Crippen LogP contribution is 1.96. The van der Waals surface area contributed by atoms with E-state index in [2.05, 4.69) is 10.6 Å². The molecule has 0 aromatic rings. The summed E-state index contributed by atoms with van der Waals surface area (Å²) in [6.45, 7) is 4.02. The molecule has 0 radical (unpaired) electrons. The number of rotatable bonds is 8. The van der Waals surface area contributed by atoms with Gasteiger partial charge < -0.3 is 25.4 Å². The van der Waals surface area contributed by atoms with Crippen LogP contribution in [0.5, 0.6) is 0 Å². The molecule has 0 saturated carbocycles. The van der Waals surface area contributed by atoms with Crippen molar-refractivity contribution in [2.24, 2.45) is 0 Å². The Bertz CT molecular complexity index is 348. The lowest BCUT2D eigenvalue weighted by atomic mass is 10.2. The van der Waals surface area contributed by atoms with E-state index in [1.807, 2.05) is 6.92 Å². The van der Waals surface area contributed by atoms with E-state index in [0.29, 0.717) is 6.54 Å². The van der Waals surface area contributed by atoms with Crippen molar-refractivity contribution < 1.29 is 24.2 Å². The highest BCUT2D eigenvalue weighted by Gasteiger charge is 2.19. The molecule has 0 rings (SSSR count). The molecule has 0 aromatic heterocycles. The van der Waals surface area contributed by atoms with Gasteiger partial charge in [0.1, 0.15) is 6.04 Å². The zero-order valence-corrected chi connectivity index (χ0v) is 12.3. The number of nitrogens with one attached hydrogen (secondary N) is 2. The molecule has 116 valence electrons. The van der Waals surface area contributed by atoms with Gasteiger partial charge in [0.15, 0.2) is 0 Å². The number of carboxylic acid groups (broad SMARTS) is 1. The number of amides is 3. The molecule has 8 nitrogen and oxygen atoms in total. The number of hydrogen-bond donors (Lipinski definition) is 3. The maximum atomic E-state index is 11.7. The Morgan fingerprint density at radius 1 is 1.35 bits per heavy atom. The van der Waals surface area contributed by atoms with Gasteiger partial charge in [-0.1, -0.05) is 0 Å². The number of methoxy groups -OCH3 is 1. The molecule has 0 aromatic carbocycles. The first-order valence-electron chi connectivity index (χ1n) is 6.35. The summed E-state index contributed by atoms with van der Waals surface area (Å²) >= 11 is 0. The van der Waals surface area contributed by atoms with Crippen LogP contribution in [0.15, 0.2) is 0 Å². The zero-order chi connectivity index (χ0) is 15.7. The molecule has 2 atom stereocenters. The summed E-state index contributed by atoms with van der Waals surface area (Å²) < 4.78 is 4.92. The normalized spacial score (nSPS) is 13.2. The van der Waals surface area contributed by atoms with E-state index in [-0.39, 0.29) is 18.9 Å². The van der Waals surface area contributed by atoms with Crippen LogP contribution in [0.3, 0.4) is 0 Å². The van der Waals surface area contributed by atoms with E-state index in [0.717, 1.165) is 0 Å². The van der Waals surface area contributed by atoms with Crippen LogP contribution in [0.2, 0.25) is 0 Å². The summed E-state index contributed by atoms with van der Waals surface area (Å²) in [5.41, 5.74) is 0. The third kappa shape index (κ3) is 6.93. The summed E-state index contributed by atoms with van der Waals surface area (Å²) in [4.78, 5) is 35.3. The van der Waals surface area contributed by atoms with Crippen LogP contribution in [-0.4, -0.2) is 67.3 Å². The quantitative estimate of drug-likeness (QED) is 0.565. The number of nitrogens with zero attached hydrogens (tertiary/aromatic N) is 1. The van der Waals surface area contributed by atoms with E-state index in [1.165, 1.54) is 12.0 Å². The van der Waals surface area contributed by atoms with Crippen molar-refractivity contribution in [1.82, 2.24) is 15.5 Å². The van der Waals surface area contributed by atoms with Crippen LogP contribution in [0, 0.1) is 0 Å². The Labute approximate surface area is 118 Å². The first-order chi connectivity index (χ1) is 9.31. The van der Waals surface area contributed by atoms with Crippen molar-refractivity contribution >= 4 is 17.9 Å².